The highest BCUT2D eigenvalue weighted by Gasteiger charge is 2.16. The van der Waals surface area contributed by atoms with Crippen molar-refractivity contribution in [2.24, 2.45) is 28.9 Å². The van der Waals surface area contributed by atoms with Gasteiger partial charge in [0.15, 0.2) is 0 Å². The molecule has 0 aromatic carbocycles. The van der Waals surface area contributed by atoms with Gasteiger partial charge in [-0.05, 0) is 25.7 Å². The van der Waals surface area contributed by atoms with Crippen molar-refractivity contribution in [3.05, 3.63) is 0 Å². The van der Waals surface area contributed by atoms with E-state index in [4.69, 9.17) is 58.7 Å². The van der Waals surface area contributed by atoms with Gasteiger partial charge in [-0.2, -0.15) is 0 Å². The predicted octanol–water partition coefficient (Wildman–Crippen LogP) is -2.64. The van der Waals surface area contributed by atoms with Crippen molar-refractivity contribution in [3.63, 3.8) is 0 Å². The summed E-state index contributed by atoms with van der Waals surface area (Å²) < 4.78 is 0. The third-order valence-corrected chi connectivity index (χ3v) is 3.55. The van der Waals surface area contributed by atoms with Crippen molar-refractivity contribution < 1.29 is 64.5 Å². The van der Waals surface area contributed by atoms with Gasteiger partial charge in [-0.15, -0.1) is 0 Å². The van der Waals surface area contributed by atoms with Gasteiger partial charge in [-0.25, -0.2) is 0 Å². The van der Waals surface area contributed by atoms with Gasteiger partial charge < -0.3 is 58.7 Å². The summed E-state index contributed by atoms with van der Waals surface area (Å²) in [5.41, 5.74) is 20.0. The Morgan fingerprint density at radius 3 is 1.14 bits per heavy atom. The Labute approximate surface area is 206 Å². The van der Waals surface area contributed by atoms with Crippen LogP contribution in [-0.4, -0.2) is 102 Å². The molecule has 0 aromatic heterocycles. The smallest absolute Gasteiger partial charge is 0.323 e. The largest absolute Gasteiger partial charge is 0.481 e. The van der Waals surface area contributed by atoms with Gasteiger partial charge in [0.25, 0.3) is 0 Å². The zero-order valence-corrected chi connectivity index (χ0v) is 20.2. The molecule has 5 atom stereocenters. The van der Waals surface area contributed by atoms with Crippen LogP contribution in [0, 0.1) is 5.92 Å². The minimum atomic E-state index is -1.29. The minimum Gasteiger partial charge on any atom is -0.481 e. The number of carbonyl (C=O) groups is 6. The first-order chi connectivity index (χ1) is 16.2. The highest BCUT2D eigenvalue weighted by atomic mass is 16.4. The van der Waals surface area contributed by atoms with Crippen molar-refractivity contribution in [3.8, 4) is 0 Å². The number of aliphatic hydroxyl groups excluding tert-OH is 1. The molecule has 0 fully saturated rings. The van der Waals surface area contributed by atoms with Crippen molar-refractivity contribution in [1.29, 1.82) is 0 Å². The van der Waals surface area contributed by atoms with E-state index in [0.29, 0.717) is 12.3 Å². The molecule has 17 heteroatoms. The topological polar surface area (TPSA) is 348 Å². The van der Waals surface area contributed by atoms with Crippen molar-refractivity contribution in [1.82, 2.24) is 0 Å². The number of hydrogen-bond donors (Lipinski definition) is 11. The van der Waals surface area contributed by atoms with E-state index in [-0.39, 0.29) is 12.8 Å². The Morgan fingerprint density at radius 1 is 0.611 bits per heavy atom. The molecule has 0 amide bonds. The average molecular weight is 531 g/mol. The van der Waals surface area contributed by atoms with Crippen LogP contribution in [0.4, 0.5) is 0 Å². The molecule has 36 heavy (non-hydrogen) atoms. The maximum absolute atomic E-state index is 10.1. The summed E-state index contributed by atoms with van der Waals surface area (Å²) in [6.45, 7) is 5.23. The van der Waals surface area contributed by atoms with Gasteiger partial charge in [0, 0.05) is 6.42 Å². The maximum Gasteiger partial charge on any atom is 0.323 e. The lowest BCUT2D eigenvalue weighted by Crippen LogP contribution is -2.39. The van der Waals surface area contributed by atoms with Crippen LogP contribution in [0.25, 0.3) is 0 Å². The van der Waals surface area contributed by atoms with Crippen molar-refractivity contribution in [2.45, 2.75) is 76.7 Å². The monoisotopic (exact) mass is 530 g/mol. The Hall–Kier alpha value is -3.38. The maximum atomic E-state index is 10.1. The molecule has 0 aliphatic rings. The Bertz CT molecular complexity index is 701. The molecule has 0 bridgehead atoms. The first-order valence-electron chi connectivity index (χ1n) is 10.2. The molecule has 0 rings (SSSR count). The molecule has 0 saturated heterocycles. The number of hydrogen-bond acceptors (Lipinski definition) is 11. The SMILES string of the molecule is CC(C)CC(N)C(=O)O.CC(O)C(N)C(=O)O.NC(CC(=O)O)C(=O)O.NC(CCC(=O)O)C(=O)O. The van der Waals surface area contributed by atoms with Crippen LogP contribution in [0.15, 0.2) is 0 Å². The Balaban J connectivity index is -0.000000190. The minimum absolute atomic E-state index is 0.0231. The number of aliphatic carboxylic acids is 6. The molecule has 5 unspecified atom stereocenters. The summed E-state index contributed by atoms with van der Waals surface area (Å²) in [6, 6.07) is -4.20. The lowest BCUT2D eigenvalue weighted by Gasteiger charge is -2.07. The standard InChI is InChI=1S/C6H13NO2.C5H9NO4.C4H7NO4.C4H9NO3/c1-4(2)3-5(7)6(8)9;6-3(5(9)10)1-2-4(7)8;5-2(4(8)9)1-3(6)7;1-2(6)3(5)4(7)8/h4-5H,3,7H2,1-2H3,(H,8,9);3H,1-2,6H2,(H,7,8)(H,9,10);2H,1,5H2,(H,6,7)(H,8,9);2-3,6H,5H2,1H3,(H,7,8). The number of aliphatic hydroxyl groups is 1. The van der Waals surface area contributed by atoms with Gasteiger partial charge >= 0.3 is 35.8 Å². The summed E-state index contributed by atoms with van der Waals surface area (Å²) in [5, 5.41) is 57.2. The third kappa shape index (κ3) is 30.6. The molecule has 0 aliphatic carbocycles. The fourth-order valence-corrected chi connectivity index (χ4v) is 1.49. The highest BCUT2D eigenvalue weighted by molar-refractivity contribution is 5.80. The molecule has 0 radical (unpaired) electrons. The first-order valence-corrected chi connectivity index (χ1v) is 10.2. The lowest BCUT2D eigenvalue weighted by molar-refractivity contribution is -0.144. The van der Waals surface area contributed by atoms with Crippen molar-refractivity contribution >= 4 is 35.8 Å². The zero-order chi connectivity index (χ0) is 29.8. The van der Waals surface area contributed by atoms with E-state index >= 15 is 0 Å². The molecule has 0 heterocycles. The summed E-state index contributed by atoms with van der Waals surface area (Å²) in [7, 11) is 0. The number of nitrogens with two attached hydrogens (primary N) is 4. The fourth-order valence-electron chi connectivity index (χ4n) is 1.49. The second-order valence-electron chi connectivity index (χ2n) is 7.60. The van der Waals surface area contributed by atoms with Crippen LogP contribution in [0.3, 0.4) is 0 Å². The fraction of sp³-hybridized carbons (Fsp3) is 0.684. The van der Waals surface area contributed by atoms with Crippen LogP contribution >= 0.6 is 0 Å². The number of rotatable bonds is 12. The molecule has 0 spiro atoms. The molecule has 212 valence electrons. The van der Waals surface area contributed by atoms with Crippen molar-refractivity contribution in [2.75, 3.05) is 0 Å². The van der Waals surface area contributed by atoms with Crippen LogP contribution < -0.4 is 22.9 Å². The highest BCUT2D eigenvalue weighted by Crippen LogP contribution is 2.01. The second-order valence-corrected chi connectivity index (χ2v) is 7.60. The van der Waals surface area contributed by atoms with Gasteiger partial charge in [-0.1, -0.05) is 13.8 Å². The summed E-state index contributed by atoms with van der Waals surface area (Å²) >= 11 is 0. The quantitative estimate of drug-likeness (QED) is 0.123. The van der Waals surface area contributed by atoms with Gasteiger partial charge in [0.2, 0.25) is 0 Å². The molecule has 15 N–H and O–H groups in total. The molecule has 0 aromatic rings. The van der Waals surface area contributed by atoms with Crippen LogP contribution in [0.5, 0.6) is 0 Å². The lowest BCUT2D eigenvalue weighted by atomic mass is 10.1. The van der Waals surface area contributed by atoms with E-state index in [1.54, 1.807) is 0 Å². The number of carboxylic acid groups (broad SMARTS) is 6. The second kappa shape index (κ2) is 22.1. The van der Waals surface area contributed by atoms with E-state index in [1.807, 2.05) is 13.8 Å². The van der Waals surface area contributed by atoms with Gasteiger partial charge in [-0.3, -0.25) is 28.8 Å². The Kier molecular flexibility index (Phi) is 24.5. The average Bonchev–Trinajstić information content (AvgIpc) is 2.71. The summed E-state index contributed by atoms with van der Waals surface area (Å²) in [6.07, 6.45) is -1.18. The predicted molar refractivity (Wildman–Crippen MR) is 123 cm³/mol. The molecule has 0 aliphatic heterocycles. The molecule has 17 nitrogen and oxygen atoms in total. The van der Waals surface area contributed by atoms with Gasteiger partial charge in [0.05, 0.1) is 12.5 Å². The van der Waals surface area contributed by atoms with E-state index < -0.39 is 72.5 Å². The first kappa shape index (κ1) is 39.8. The van der Waals surface area contributed by atoms with Crippen LogP contribution in [-0.2, 0) is 28.8 Å². The van der Waals surface area contributed by atoms with E-state index in [1.165, 1.54) is 6.92 Å². The van der Waals surface area contributed by atoms with Crippen LogP contribution in [0.2, 0.25) is 0 Å². The summed E-state index contributed by atoms with van der Waals surface area (Å²) in [5.74, 6) is -6.43. The normalized spacial score (nSPS) is 13.9. The third-order valence-electron chi connectivity index (χ3n) is 3.55. The van der Waals surface area contributed by atoms with E-state index in [9.17, 15) is 28.8 Å². The molecular formula is C19H38N4O13. The zero-order valence-electron chi connectivity index (χ0n) is 20.2. The number of carboxylic acids is 6. The van der Waals surface area contributed by atoms with Crippen LogP contribution in [0.1, 0.15) is 46.5 Å². The Morgan fingerprint density at radius 2 is 1.00 bits per heavy atom. The van der Waals surface area contributed by atoms with Gasteiger partial charge in [0.1, 0.15) is 24.2 Å². The summed E-state index contributed by atoms with van der Waals surface area (Å²) in [4.78, 5) is 59.5. The molecular weight excluding hydrogens is 492 g/mol. The van der Waals surface area contributed by atoms with E-state index in [2.05, 4.69) is 0 Å². The molecule has 0 saturated carbocycles. The van der Waals surface area contributed by atoms with E-state index in [0.717, 1.165) is 0 Å².